The van der Waals surface area contributed by atoms with E-state index >= 15 is 0 Å². The Kier molecular flexibility index (Phi) is 11.1. The maximum atomic E-state index is 14.3. The standard InChI is InChI=1S/C38H40BrClFN3O5/c39-30-15-14-27(41)19-33(30)49-18-4-5-24-10-12-25(13-11-24)29-20-28-22-44(34(45)8-3-9-35(46)47)23-32(42-28)36(29)37(48)43-38(16-17-38)21-26-6-1-2-7-31(26)40/h1-2,6-7,10-15,19,28,32,42H,3-5,8-9,16-18,20-23H2,(H,43,48)(H,46,47)/t28-,32-/m1/s1. The second-order valence-electron chi connectivity index (χ2n) is 13.3. The number of hydrogen-bond donors (Lipinski definition) is 3. The van der Waals surface area contributed by atoms with Gasteiger partial charge in [0, 0.05) is 54.2 Å². The third kappa shape index (κ3) is 8.90. The first-order valence-electron chi connectivity index (χ1n) is 16.8. The molecule has 0 radical (unpaired) electrons. The van der Waals surface area contributed by atoms with Crippen LogP contribution in [0.2, 0.25) is 5.02 Å². The van der Waals surface area contributed by atoms with Gasteiger partial charge >= 0.3 is 5.97 Å². The first kappa shape index (κ1) is 35.1. The summed E-state index contributed by atoms with van der Waals surface area (Å²) in [5.74, 6) is -1.01. The zero-order valence-electron chi connectivity index (χ0n) is 27.2. The number of aryl methyl sites for hydroxylation is 1. The number of halogens is 3. The fourth-order valence-electron chi connectivity index (χ4n) is 6.87. The van der Waals surface area contributed by atoms with Gasteiger partial charge in [-0.25, -0.2) is 4.39 Å². The number of carboxylic acid groups (broad SMARTS) is 1. The SMILES string of the molecule is O=C(O)CCCC(=O)N1C[C@H]2CC(c3ccc(CCCOc4cc(F)ccc4Br)cc3)=C(C(=O)NC3(Cc4ccccc4Cl)CC3)[C@@H](C1)N2. The lowest BCUT2D eigenvalue weighted by atomic mass is 9.82. The van der Waals surface area contributed by atoms with Gasteiger partial charge in [0.1, 0.15) is 11.6 Å². The van der Waals surface area contributed by atoms with Gasteiger partial charge in [0.2, 0.25) is 11.8 Å². The van der Waals surface area contributed by atoms with E-state index in [0.29, 0.717) is 53.4 Å². The van der Waals surface area contributed by atoms with Gasteiger partial charge in [0.25, 0.3) is 0 Å². The van der Waals surface area contributed by atoms with Crippen LogP contribution >= 0.6 is 27.5 Å². The minimum Gasteiger partial charge on any atom is -0.492 e. The normalized spacial score (nSPS) is 19.4. The first-order chi connectivity index (χ1) is 23.6. The number of piperazine rings is 1. The molecule has 1 saturated heterocycles. The monoisotopic (exact) mass is 751 g/mol. The number of ether oxygens (including phenoxy) is 1. The number of carboxylic acids is 1. The number of hydrogen-bond acceptors (Lipinski definition) is 5. The van der Waals surface area contributed by atoms with Crippen molar-refractivity contribution in [3.8, 4) is 5.75 Å². The predicted molar refractivity (Wildman–Crippen MR) is 190 cm³/mol. The number of carbonyl (C=O) groups is 3. The number of carbonyl (C=O) groups excluding carboxylic acids is 2. The second kappa shape index (κ2) is 15.4. The number of fused-ring (bicyclic) bond motifs is 2. The Labute approximate surface area is 299 Å². The van der Waals surface area contributed by atoms with Crippen LogP contribution in [-0.2, 0) is 27.2 Å². The number of nitrogens with one attached hydrogen (secondary N) is 2. The largest absolute Gasteiger partial charge is 0.492 e. The van der Waals surface area contributed by atoms with Gasteiger partial charge in [-0.2, -0.15) is 0 Å². The van der Waals surface area contributed by atoms with Gasteiger partial charge in [-0.3, -0.25) is 14.4 Å². The number of amides is 2. The fourth-order valence-corrected chi connectivity index (χ4v) is 7.43. The summed E-state index contributed by atoms with van der Waals surface area (Å²) >= 11 is 9.88. The lowest BCUT2D eigenvalue weighted by Crippen LogP contribution is -2.62. The van der Waals surface area contributed by atoms with Gasteiger partial charge in [-0.05, 0) is 101 Å². The molecule has 2 atom stereocenters. The molecule has 3 aromatic rings. The predicted octanol–water partition coefficient (Wildman–Crippen LogP) is 6.73. The number of aliphatic carboxylic acids is 1. The van der Waals surface area contributed by atoms with Crippen molar-refractivity contribution in [2.24, 2.45) is 0 Å². The maximum Gasteiger partial charge on any atom is 0.303 e. The van der Waals surface area contributed by atoms with Crippen LogP contribution in [0.3, 0.4) is 0 Å². The van der Waals surface area contributed by atoms with E-state index in [-0.39, 0.29) is 54.5 Å². The van der Waals surface area contributed by atoms with Crippen LogP contribution in [-0.4, -0.2) is 65.1 Å². The third-order valence-corrected chi connectivity index (χ3v) is 10.6. The Morgan fingerprint density at radius 2 is 1.82 bits per heavy atom. The molecule has 2 bridgehead atoms. The highest BCUT2D eigenvalue weighted by atomic mass is 79.9. The van der Waals surface area contributed by atoms with Crippen molar-refractivity contribution in [2.45, 2.75) is 75.4 Å². The Hall–Kier alpha value is -3.73. The van der Waals surface area contributed by atoms with Crippen LogP contribution in [0.1, 0.15) is 61.6 Å². The molecule has 0 unspecified atom stereocenters. The van der Waals surface area contributed by atoms with Crippen molar-refractivity contribution < 1.29 is 28.6 Å². The Balaban J connectivity index is 1.19. The summed E-state index contributed by atoms with van der Waals surface area (Å²) in [5, 5.41) is 16.7. The smallest absolute Gasteiger partial charge is 0.303 e. The molecular weight excluding hydrogens is 713 g/mol. The molecule has 258 valence electrons. The van der Waals surface area contributed by atoms with Crippen molar-refractivity contribution in [3.63, 3.8) is 0 Å². The van der Waals surface area contributed by atoms with Crippen molar-refractivity contribution in [3.05, 3.63) is 104 Å². The molecule has 6 rings (SSSR count). The van der Waals surface area contributed by atoms with E-state index in [0.717, 1.165) is 47.9 Å². The summed E-state index contributed by atoms with van der Waals surface area (Å²) in [4.78, 5) is 40.2. The summed E-state index contributed by atoms with van der Waals surface area (Å²) in [5.41, 5.74) is 4.35. The molecule has 8 nitrogen and oxygen atoms in total. The van der Waals surface area contributed by atoms with Gasteiger partial charge in [-0.1, -0.05) is 54.1 Å². The molecule has 49 heavy (non-hydrogen) atoms. The lowest BCUT2D eigenvalue weighted by Gasteiger charge is -2.44. The average Bonchev–Trinajstić information content (AvgIpc) is 3.83. The van der Waals surface area contributed by atoms with E-state index in [1.165, 1.54) is 12.1 Å². The van der Waals surface area contributed by atoms with Gasteiger partial charge in [0.15, 0.2) is 0 Å². The molecule has 1 saturated carbocycles. The highest BCUT2D eigenvalue weighted by molar-refractivity contribution is 9.10. The van der Waals surface area contributed by atoms with E-state index in [2.05, 4.69) is 50.8 Å². The Bertz CT molecular complexity index is 1750. The quantitative estimate of drug-likeness (QED) is 0.158. The molecule has 3 aromatic carbocycles. The van der Waals surface area contributed by atoms with E-state index in [4.69, 9.17) is 21.4 Å². The summed E-state index contributed by atoms with van der Waals surface area (Å²) < 4.78 is 20.1. The van der Waals surface area contributed by atoms with Crippen molar-refractivity contribution in [1.29, 1.82) is 0 Å². The molecule has 2 amide bonds. The third-order valence-electron chi connectivity index (χ3n) is 9.57. The lowest BCUT2D eigenvalue weighted by molar-refractivity contribution is -0.137. The van der Waals surface area contributed by atoms with Crippen LogP contribution in [0.5, 0.6) is 5.75 Å². The maximum absolute atomic E-state index is 14.3. The average molecular weight is 753 g/mol. The van der Waals surface area contributed by atoms with Crippen LogP contribution in [0.15, 0.2) is 76.8 Å². The van der Waals surface area contributed by atoms with E-state index < -0.39 is 5.97 Å². The molecule has 11 heteroatoms. The summed E-state index contributed by atoms with van der Waals surface area (Å²) in [6, 6.07) is 20.0. The molecule has 3 aliphatic rings. The molecule has 0 spiro atoms. The van der Waals surface area contributed by atoms with Crippen LogP contribution < -0.4 is 15.4 Å². The molecule has 2 aliphatic heterocycles. The molecule has 0 aromatic heterocycles. The summed E-state index contributed by atoms with van der Waals surface area (Å²) in [6.45, 7) is 1.28. The molecule has 2 fully saturated rings. The van der Waals surface area contributed by atoms with Crippen molar-refractivity contribution in [2.75, 3.05) is 19.7 Å². The van der Waals surface area contributed by atoms with Crippen molar-refractivity contribution in [1.82, 2.24) is 15.5 Å². The zero-order valence-corrected chi connectivity index (χ0v) is 29.5. The van der Waals surface area contributed by atoms with Crippen LogP contribution in [0, 0.1) is 5.82 Å². The number of rotatable bonds is 14. The number of benzene rings is 3. The topological polar surface area (TPSA) is 108 Å². The number of nitrogens with zero attached hydrogens (tertiary/aromatic N) is 1. The fraction of sp³-hybridized carbons (Fsp3) is 0.395. The van der Waals surface area contributed by atoms with Crippen LogP contribution in [0.25, 0.3) is 5.57 Å². The van der Waals surface area contributed by atoms with Crippen LogP contribution in [0.4, 0.5) is 4.39 Å². The summed E-state index contributed by atoms with van der Waals surface area (Å²) in [7, 11) is 0. The zero-order chi connectivity index (χ0) is 34.5. The summed E-state index contributed by atoms with van der Waals surface area (Å²) in [6.07, 6.45) is 4.85. The minimum atomic E-state index is -0.918. The minimum absolute atomic E-state index is 0.0364. The van der Waals surface area contributed by atoms with Gasteiger partial charge in [0.05, 0.1) is 17.1 Å². The van der Waals surface area contributed by atoms with E-state index in [1.807, 2.05) is 24.3 Å². The van der Waals surface area contributed by atoms with E-state index in [9.17, 15) is 18.8 Å². The molecule has 3 N–H and O–H groups in total. The van der Waals surface area contributed by atoms with E-state index in [1.54, 1.807) is 11.0 Å². The highest BCUT2D eigenvalue weighted by Crippen LogP contribution is 2.41. The van der Waals surface area contributed by atoms with Gasteiger partial charge < -0.3 is 25.4 Å². The van der Waals surface area contributed by atoms with Crippen molar-refractivity contribution >= 4 is 50.9 Å². The molecule has 2 heterocycles. The second-order valence-corrected chi connectivity index (χ2v) is 14.5. The first-order valence-corrected chi connectivity index (χ1v) is 18.0. The molecular formula is C38H40BrClFN3O5. The Morgan fingerprint density at radius 1 is 1.04 bits per heavy atom. The molecule has 1 aliphatic carbocycles. The van der Waals surface area contributed by atoms with Gasteiger partial charge in [-0.15, -0.1) is 0 Å². The highest BCUT2D eigenvalue weighted by Gasteiger charge is 2.47. The Morgan fingerprint density at radius 3 is 2.55 bits per heavy atom.